The van der Waals surface area contributed by atoms with Crippen molar-refractivity contribution in [1.82, 2.24) is 10.2 Å². The predicted molar refractivity (Wildman–Crippen MR) is 136 cm³/mol. The topological polar surface area (TPSA) is 67.9 Å². The van der Waals surface area contributed by atoms with Crippen LogP contribution in [0.3, 0.4) is 0 Å². The van der Waals surface area contributed by atoms with Crippen LogP contribution < -0.4 is 14.8 Å². The zero-order valence-electron chi connectivity index (χ0n) is 21.7. The summed E-state index contributed by atoms with van der Waals surface area (Å²) in [5.41, 5.74) is 1.80. The fourth-order valence-corrected chi connectivity index (χ4v) is 3.74. The molecule has 0 aliphatic carbocycles. The highest BCUT2D eigenvalue weighted by atomic mass is 16.5. The number of benzene rings is 2. The van der Waals surface area contributed by atoms with E-state index in [1.54, 1.807) is 12.0 Å². The van der Waals surface area contributed by atoms with Gasteiger partial charge in [-0.05, 0) is 47.1 Å². The molecule has 0 aliphatic heterocycles. The maximum Gasteiger partial charge on any atom is 0.261 e. The summed E-state index contributed by atoms with van der Waals surface area (Å²) >= 11 is 0. The molecule has 0 bridgehead atoms. The lowest BCUT2D eigenvalue weighted by Crippen LogP contribution is -2.50. The Hall–Kier alpha value is -3.02. The van der Waals surface area contributed by atoms with E-state index in [0.29, 0.717) is 30.4 Å². The number of nitrogens with zero attached hydrogens (tertiary/aromatic N) is 1. The minimum Gasteiger partial charge on any atom is -0.497 e. The van der Waals surface area contributed by atoms with Crippen molar-refractivity contribution >= 4 is 11.8 Å². The van der Waals surface area contributed by atoms with Gasteiger partial charge in [0.1, 0.15) is 17.5 Å². The second-order valence-electron chi connectivity index (χ2n) is 9.97. The standard InChI is InChI=1S/C28H40N2O4/c1-8-24(27(32)29-17-20(2)3)30(18-21-12-11-13-22(16-21)33-7)26(31)19-34-25-15-10-9-14-23(25)28(4,5)6/h9-16,20,24H,8,17-19H2,1-7H3,(H,29,32). The van der Waals surface area contributed by atoms with Gasteiger partial charge in [0.2, 0.25) is 5.91 Å². The van der Waals surface area contributed by atoms with Crippen LogP contribution in [0.4, 0.5) is 0 Å². The number of amides is 2. The molecule has 2 rings (SSSR count). The van der Waals surface area contributed by atoms with E-state index >= 15 is 0 Å². The van der Waals surface area contributed by atoms with Gasteiger partial charge in [-0.25, -0.2) is 0 Å². The van der Waals surface area contributed by atoms with Gasteiger partial charge < -0.3 is 19.7 Å². The summed E-state index contributed by atoms with van der Waals surface area (Å²) < 4.78 is 11.4. The number of para-hydroxylation sites is 1. The van der Waals surface area contributed by atoms with Crippen LogP contribution in [0.25, 0.3) is 0 Å². The molecule has 0 heterocycles. The molecule has 0 saturated heterocycles. The first-order valence-electron chi connectivity index (χ1n) is 12.0. The molecule has 1 N–H and O–H groups in total. The summed E-state index contributed by atoms with van der Waals surface area (Å²) in [6, 6.07) is 14.7. The summed E-state index contributed by atoms with van der Waals surface area (Å²) in [6.07, 6.45) is 0.498. The van der Waals surface area contributed by atoms with Gasteiger partial charge in [0, 0.05) is 13.1 Å². The summed E-state index contributed by atoms with van der Waals surface area (Å²) in [5, 5.41) is 2.98. The van der Waals surface area contributed by atoms with Crippen LogP contribution in [0.5, 0.6) is 11.5 Å². The van der Waals surface area contributed by atoms with Crippen LogP contribution in [0.1, 0.15) is 59.1 Å². The monoisotopic (exact) mass is 468 g/mol. The minimum absolute atomic E-state index is 0.122. The Morgan fingerprint density at radius 2 is 1.76 bits per heavy atom. The number of hydrogen-bond acceptors (Lipinski definition) is 4. The van der Waals surface area contributed by atoms with Gasteiger partial charge in [-0.1, -0.05) is 71.9 Å². The molecular formula is C28H40N2O4. The Morgan fingerprint density at radius 1 is 1.06 bits per heavy atom. The number of hydrogen-bond donors (Lipinski definition) is 1. The van der Waals surface area contributed by atoms with E-state index in [-0.39, 0.29) is 30.4 Å². The first kappa shape index (κ1) is 27.2. The van der Waals surface area contributed by atoms with E-state index in [0.717, 1.165) is 11.1 Å². The lowest BCUT2D eigenvalue weighted by Gasteiger charge is -2.31. The molecule has 1 atom stereocenters. The Labute approximate surface area is 204 Å². The molecular weight excluding hydrogens is 428 g/mol. The largest absolute Gasteiger partial charge is 0.497 e. The van der Waals surface area contributed by atoms with Crippen LogP contribution in [0.2, 0.25) is 0 Å². The molecule has 186 valence electrons. The average molecular weight is 469 g/mol. The van der Waals surface area contributed by atoms with Crippen LogP contribution in [-0.4, -0.2) is 43.0 Å². The van der Waals surface area contributed by atoms with Crippen molar-refractivity contribution in [2.75, 3.05) is 20.3 Å². The zero-order valence-corrected chi connectivity index (χ0v) is 21.7. The zero-order chi connectivity index (χ0) is 25.3. The van der Waals surface area contributed by atoms with Gasteiger partial charge in [0.15, 0.2) is 6.61 Å². The Morgan fingerprint density at radius 3 is 2.38 bits per heavy atom. The highest BCUT2D eigenvalue weighted by molar-refractivity contribution is 5.88. The number of ether oxygens (including phenoxy) is 2. The highest BCUT2D eigenvalue weighted by Crippen LogP contribution is 2.31. The highest BCUT2D eigenvalue weighted by Gasteiger charge is 2.29. The second-order valence-corrected chi connectivity index (χ2v) is 9.97. The fraction of sp³-hybridized carbons (Fsp3) is 0.500. The summed E-state index contributed by atoms with van der Waals surface area (Å²) in [7, 11) is 1.61. The van der Waals surface area contributed by atoms with Crippen molar-refractivity contribution in [1.29, 1.82) is 0 Å². The van der Waals surface area contributed by atoms with Gasteiger partial charge >= 0.3 is 0 Å². The first-order valence-corrected chi connectivity index (χ1v) is 12.0. The molecule has 34 heavy (non-hydrogen) atoms. The molecule has 0 fully saturated rings. The van der Waals surface area contributed by atoms with E-state index in [1.165, 1.54) is 0 Å². The summed E-state index contributed by atoms with van der Waals surface area (Å²) in [6.45, 7) is 13.0. The summed E-state index contributed by atoms with van der Waals surface area (Å²) in [5.74, 6) is 1.32. The molecule has 1 unspecified atom stereocenters. The molecule has 0 spiro atoms. The van der Waals surface area contributed by atoms with Gasteiger partial charge in [-0.15, -0.1) is 0 Å². The molecule has 2 amide bonds. The van der Waals surface area contributed by atoms with Crippen LogP contribution >= 0.6 is 0 Å². The maximum absolute atomic E-state index is 13.5. The Bertz CT molecular complexity index is 949. The van der Waals surface area contributed by atoms with E-state index < -0.39 is 6.04 Å². The van der Waals surface area contributed by atoms with Crippen molar-refractivity contribution < 1.29 is 19.1 Å². The maximum atomic E-state index is 13.5. The third-order valence-corrected chi connectivity index (χ3v) is 5.60. The third-order valence-electron chi connectivity index (χ3n) is 5.60. The number of carbonyl (C=O) groups is 2. The van der Waals surface area contributed by atoms with E-state index in [1.807, 2.05) is 69.3 Å². The van der Waals surface area contributed by atoms with Crippen molar-refractivity contribution in [2.45, 2.75) is 66.0 Å². The lowest BCUT2D eigenvalue weighted by atomic mass is 9.86. The molecule has 2 aromatic carbocycles. The number of carbonyl (C=O) groups excluding carboxylic acids is 2. The molecule has 6 nitrogen and oxygen atoms in total. The molecule has 0 aromatic heterocycles. The summed E-state index contributed by atoms with van der Waals surface area (Å²) in [4.78, 5) is 28.1. The van der Waals surface area contributed by atoms with Crippen molar-refractivity contribution in [3.63, 3.8) is 0 Å². The van der Waals surface area contributed by atoms with Crippen molar-refractivity contribution in [3.05, 3.63) is 59.7 Å². The Balaban J connectivity index is 2.28. The van der Waals surface area contributed by atoms with Gasteiger partial charge in [-0.3, -0.25) is 9.59 Å². The lowest BCUT2D eigenvalue weighted by molar-refractivity contribution is -0.143. The molecule has 2 aromatic rings. The number of methoxy groups -OCH3 is 1. The van der Waals surface area contributed by atoms with E-state index in [9.17, 15) is 9.59 Å². The quantitative estimate of drug-likeness (QED) is 0.507. The SMILES string of the molecule is CCC(C(=O)NCC(C)C)N(Cc1cccc(OC)c1)C(=O)COc1ccccc1C(C)(C)C. The first-order chi connectivity index (χ1) is 16.1. The average Bonchev–Trinajstić information content (AvgIpc) is 2.80. The molecule has 0 aliphatic rings. The van der Waals surface area contributed by atoms with Gasteiger partial charge in [0.25, 0.3) is 5.91 Å². The van der Waals surface area contributed by atoms with Crippen molar-refractivity contribution in [3.8, 4) is 11.5 Å². The third kappa shape index (κ3) is 7.79. The van der Waals surface area contributed by atoms with Gasteiger partial charge in [0.05, 0.1) is 7.11 Å². The minimum atomic E-state index is -0.598. The van der Waals surface area contributed by atoms with E-state index in [2.05, 4.69) is 26.1 Å². The molecule has 6 heteroatoms. The number of nitrogens with one attached hydrogen (secondary N) is 1. The smallest absolute Gasteiger partial charge is 0.261 e. The number of rotatable bonds is 11. The van der Waals surface area contributed by atoms with Crippen molar-refractivity contribution in [2.24, 2.45) is 5.92 Å². The van der Waals surface area contributed by atoms with Crippen LogP contribution in [0, 0.1) is 5.92 Å². The fourth-order valence-electron chi connectivity index (χ4n) is 3.74. The normalized spacial score (nSPS) is 12.2. The van der Waals surface area contributed by atoms with Crippen LogP contribution in [-0.2, 0) is 21.5 Å². The predicted octanol–water partition coefficient (Wildman–Crippen LogP) is 4.95. The van der Waals surface area contributed by atoms with Crippen LogP contribution in [0.15, 0.2) is 48.5 Å². The molecule has 0 radical (unpaired) electrons. The second kappa shape index (κ2) is 12.4. The van der Waals surface area contributed by atoms with E-state index in [4.69, 9.17) is 9.47 Å². The van der Waals surface area contributed by atoms with Gasteiger partial charge in [-0.2, -0.15) is 0 Å². The molecule has 0 saturated carbocycles. The Kier molecular flexibility index (Phi) is 9.97.